The Morgan fingerprint density at radius 2 is 2.03 bits per heavy atom. The third kappa shape index (κ3) is 4.85. The summed E-state index contributed by atoms with van der Waals surface area (Å²) in [5.74, 6) is 0.742. The standard InChI is InChI=1S/C27H28ClN5O4S/c1-32-23-8-5-18(11-20(23)16-38(32,35)36)22-14-31-27(30-13-17-3-6-21(37-2)7-4-17)25(28)26(22)33-10-9-19(12-29)24(34)15-33/h3-8,11,14,19,24,34H,9-10,13,15-16H2,1-2H3,(H,30,31)/t19-,24+/m0/s1. The number of sulfonamides is 1. The number of rotatable bonds is 6. The molecule has 0 aliphatic carbocycles. The van der Waals surface area contributed by atoms with Crippen molar-refractivity contribution in [2.45, 2.75) is 24.8 Å². The molecule has 9 nitrogen and oxygen atoms in total. The van der Waals surface area contributed by atoms with Gasteiger partial charge in [-0.3, -0.25) is 4.31 Å². The zero-order valence-corrected chi connectivity index (χ0v) is 22.6. The molecule has 1 saturated heterocycles. The van der Waals surface area contributed by atoms with Crippen molar-refractivity contribution in [1.82, 2.24) is 4.98 Å². The fraction of sp³-hybridized carbons (Fsp3) is 0.333. The third-order valence-electron chi connectivity index (χ3n) is 7.16. The topological polar surface area (TPSA) is 119 Å². The van der Waals surface area contributed by atoms with E-state index >= 15 is 0 Å². The van der Waals surface area contributed by atoms with Gasteiger partial charge in [-0.1, -0.05) is 29.8 Å². The first-order valence-corrected chi connectivity index (χ1v) is 14.2. The fourth-order valence-electron chi connectivity index (χ4n) is 4.95. The van der Waals surface area contributed by atoms with Crippen molar-refractivity contribution >= 4 is 38.8 Å². The minimum absolute atomic E-state index is 0.0725. The molecule has 2 aliphatic heterocycles. The number of methoxy groups -OCH3 is 1. The van der Waals surface area contributed by atoms with Gasteiger partial charge in [0.25, 0.3) is 0 Å². The van der Waals surface area contributed by atoms with Crippen molar-refractivity contribution < 1.29 is 18.3 Å². The summed E-state index contributed by atoms with van der Waals surface area (Å²) in [6, 6.07) is 15.4. The summed E-state index contributed by atoms with van der Waals surface area (Å²) in [6.07, 6.45) is 1.40. The largest absolute Gasteiger partial charge is 0.497 e. The molecule has 2 aromatic carbocycles. The molecule has 0 radical (unpaired) electrons. The molecule has 3 aromatic rings. The summed E-state index contributed by atoms with van der Waals surface area (Å²) in [7, 11) is -0.214. The number of hydrogen-bond donors (Lipinski definition) is 2. The van der Waals surface area contributed by atoms with Gasteiger partial charge in [0.05, 0.1) is 42.3 Å². The van der Waals surface area contributed by atoms with E-state index in [0.717, 1.165) is 22.4 Å². The molecule has 0 amide bonds. The lowest BCUT2D eigenvalue weighted by Gasteiger charge is -2.36. The monoisotopic (exact) mass is 553 g/mol. The SMILES string of the molecule is COc1ccc(CNc2ncc(-c3ccc4c(c3)CS(=O)(=O)N4C)c(N3CC[C@@H](C#N)[C@H](O)C3)c2Cl)cc1. The average molecular weight is 554 g/mol. The van der Waals surface area contributed by atoms with Gasteiger partial charge >= 0.3 is 0 Å². The first-order valence-electron chi connectivity index (χ1n) is 12.2. The van der Waals surface area contributed by atoms with Gasteiger partial charge in [-0.05, 0) is 47.4 Å². The molecule has 1 aromatic heterocycles. The minimum Gasteiger partial charge on any atom is -0.497 e. The van der Waals surface area contributed by atoms with Crippen LogP contribution in [-0.2, 0) is 22.3 Å². The highest BCUT2D eigenvalue weighted by Gasteiger charge is 2.33. The van der Waals surface area contributed by atoms with Crippen LogP contribution < -0.4 is 19.3 Å². The van der Waals surface area contributed by atoms with Gasteiger partial charge in [0.15, 0.2) is 0 Å². The van der Waals surface area contributed by atoms with E-state index in [1.54, 1.807) is 26.4 Å². The number of pyridine rings is 1. The number of ether oxygens (including phenoxy) is 1. The number of aromatic nitrogens is 1. The van der Waals surface area contributed by atoms with Crippen LogP contribution in [0.4, 0.5) is 17.2 Å². The first-order chi connectivity index (χ1) is 18.2. The third-order valence-corrected chi connectivity index (χ3v) is 9.23. The van der Waals surface area contributed by atoms with Gasteiger partial charge < -0.3 is 20.1 Å². The van der Waals surface area contributed by atoms with Crippen LogP contribution in [0.3, 0.4) is 0 Å². The Morgan fingerprint density at radius 3 is 2.71 bits per heavy atom. The van der Waals surface area contributed by atoms with Crippen LogP contribution in [0.25, 0.3) is 11.1 Å². The molecule has 2 N–H and O–H groups in total. The molecule has 5 rings (SSSR count). The van der Waals surface area contributed by atoms with Gasteiger partial charge in [0.1, 0.15) is 16.6 Å². The van der Waals surface area contributed by atoms with Gasteiger partial charge in [-0.2, -0.15) is 5.26 Å². The maximum atomic E-state index is 12.4. The number of benzene rings is 2. The number of β-amino-alcohol motifs (C(OH)–C–C–N with tert-alkyl or cyclic N) is 1. The van der Waals surface area contributed by atoms with Crippen molar-refractivity contribution in [2.24, 2.45) is 5.92 Å². The molecule has 198 valence electrons. The minimum atomic E-state index is -3.38. The number of nitriles is 1. The van der Waals surface area contributed by atoms with Crippen molar-refractivity contribution in [3.8, 4) is 22.9 Å². The quantitative estimate of drug-likeness (QED) is 0.470. The van der Waals surface area contributed by atoms with E-state index in [9.17, 15) is 18.8 Å². The van der Waals surface area contributed by atoms with E-state index in [4.69, 9.17) is 16.3 Å². The highest BCUT2D eigenvalue weighted by molar-refractivity contribution is 7.92. The van der Waals surface area contributed by atoms with Crippen LogP contribution in [0.2, 0.25) is 5.02 Å². The Bertz CT molecular complexity index is 1510. The normalized spacial score (nSPS) is 20.1. The maximum Gasteiger partial charge on any atom is 0.239 e. The second kappa shape index (κ2) is 10.3. The number of aliphatic hydroxyl groups is 1. The summed E-state index contributed by atoms with van der Waals surface area (Å²) in [6.45, 7) is 1.26. The zero-order chi connectivity index (χ0) is 27.0. The summed E-state index contributed by atoms with van der Waals surface area (Å²) in [5, 5.41) is 23.7. The number of anilines is 3. The van der Waals surface area contributed by atoms with E-state index in [0.29, 0.717) is 47.3 Å². The molecule has 2 atom stereocenters. The van der Waals surface area contributed by atoms with Crippen LogP contribution >= 0.6 is 11.6 Å². The Hall–Kier alpha value is -3.52. The number of aliphatic hydroxyl groups excluding tert-OH is 1. The number of nitrogens with zero attached hydrogens (tertiary/aromatic N) is 4. The Balaban J connectivity index is 1.52. The van der Waals surface area contributed by atoms with Crippen LogP contribution in [0.1, 0.15) is 17.5 Å². The maximum absolute atomic E-state index is 12.4. The number of nitrogens with one attached hydrogen (secondary N) is 1. The molecular formula is C27H28ClN5O4S. The molecule has 1 fully saturated rings. The second-order valence-corrected chi connectivity index (χ2v) is 11.9. The van der Waals surface area contributed by atoms with Crippen molar-refractivity contribution in [2.75, 3.05) is 41.8 Å². The highest BCUT2D eigenvalue weighted by Crippen LogP contribution is 2.43. The van der Waals surface area contributed by atoms with E-state index in [1.807, 2.05) is 41.3 Å². The Morgan fingerprint density at radius 1 is 1.26 bits per heavy atom. The lowest BCUT2D eigenvalue weighted by Crippen LogP contribution is -2.43. The zero-order valence-electron chi connectivity index (χ0n) is 21.1. The number of halogens is 1. The molecule has 0 saturated carbocycles. The lowest BCUT2D eigenvalue weighted by atomic mass is 9.94. The lowest BCUT2D eigenvalue weighted by molar-refractivity contribution is 0.120. The summed E-state index contributed by atoms with van der Waals surface area (Å²) < 4.78 is 31.4. The number of hydrogen-bond acceptors (Lipinski definition) is 8. The predicted molar refractivity (Wildman–Crippen MR) is 148 cm³/mol. The van der Waals surface area contributed by atoms with E-state index in [-0.39, 0.29) is 12.3 Å². The van der Waals surface area contributed by atoms with Gasteiger partial charge in [0.2, 0.25) is 10.0 Å². The first kappa shape index (κ1) is 26.1. The van der Waals surface area contributed by atoms with Crippen LogP contribution in [-0.4, -0.2) is 51.9 Å². The molecular weight excluding hydrogens is 526 g/mol. The molecule has 0 spiro atoms. The summed E-state index contributed by atoms with van der Waals surface area (Å²) in [5.41, 5.74) is 4.56. The molecule has 0 unspecified atom stereocenters. The van der Waals surface area contributed by atoms with Crippen molar-refractivity contribution in [1.29, 1.82) is 5.26 Å². The summed E-state index contributed by atoms with van der Waals surface area (Å²) in [4.78, 5) is 6.59. The van der Waals surface area contributed by atoms with Crippen LogP contribution in [0, 0.1) is 17.2 Å². The molecule has 11 heteroatoms. The molecule has 38 heavy (non-hydrogen) atoms. The van der Waals surface area contributed by atoms with Gasteiger partial charge in [-0.15, -0.1) is 0 Å². The van der Waals surface area contributed by atoms with Crippen LogP contribution in [0.5, 0.6) is 5.75 Å². The van der Waals surface area contributed by atoms with E-state index in [1.165, 1.54) is 4.31 Å². The Labute approximate surface area is 227 Å². The highest BCUT2D eigenvalue weighted by atomic mass is 35.5. The van der Waals surface area contributed by atoms with Crippen molar-refractivity contribution in [3.63, 3.8) is 0 Å². The van der Waals surface area contributed by atoms with Gasteiger partial charge in [-0.25, -0.2) is 13.4 Å². The number of fused-ring (bicyclic) bond motifs is 1. The molecule has 2 aliphatic rings. The second-order valence-electron chi connectivity index (χ2n) is 9.49. The molecule has 3 heterocycles. The van der Waals surface area contributed by atoms with Gasteiger partial charge in [0, 0.05) is 38.4 Å². The predicted octanol–water partition coefficient (Wildman–Crippen LogP) is 4.01. The smallest absolute Gasteiger partial charge is 0.239 e. The Kier molecular flexibility index (Phi) is 7.09. The van der Waals surface area contributed by atoms with E-state index in [2.05, 4.69) is 16.4 Å². The summed E-state index contributed by atoms with van der Waals surface area (Å²) >= 11 is 6.98. The fourth-order valence-corrected chi connectivity index (χ4v) is 6.59. The number of piperidine rings is 1. The average Bonchev–Trinajstić information content (AvgIpc) is 3.15. The molecule has 0 bridgehead atoms. The van der Waals surface area contributed by atoms with Crippen LogP contribution in [0.15, 0.2) is 48.7 Å². The van der Waals surface area contributed by atoms with E-state index < -0.39 is 22.0 Å². The van der Waals surface area contributed by atoms with Crippen molar-refractivity contribution in [3.05, 3.63) is 64.8 Å².